The lowest BCUT2D eigenvalue weighted by Gasteiger charge is -2.05. The molecule has 0 saturated carbocycles. The van der Waals surface area contributed by atoms with Crippen molar-refractivity contribution in [3.63, 3.8) is 0 Å². The van der Waals surface area contributed by atoms with Crippen molar-refractivity contribution in [3.8, 4) is 5.75 Å². The Bertz CT molecular complexity index is 434. The number of rotatable bonds is 4. The maximum atomic E-state index is 11.9. The van der Waals surface area contributed by atoms with Crippen LogP contribution in [-0.2, 0) is 0 Å². The highest BCUT2D eigenvalue weighted by Gasteiger charge is 2.19. The summed E-state index contributed by atoms with van der Waals surface area (Å²) >= 11 is 0. The van der Waals surface area contributed by atoms with Gasteiger partial charge in [0.15, 0.2) is 5.78 Å². The molecule has 7 heteroatoms. The highest BCUT2D eigenvalue weighted by molar-refractivity contribution is 5.98. The van der Waals surface area contributed by atoms with Crippen LogP contribution in [0.3, 0.4) is 0 Å². The third-order valence-electron chi connectivity index (χ3n) is 1.77. The third kappa shape index (κ3) is 2.72. The molecule has 0 unspecified atom stereocenters. The fourth-order valence-electron chi connectivity index (χ4n) is 1.14. The monoisotopic (exact) mass is 231 g/mol. The lowest BCUT2D eigenvalue weighted by Crippen LogP contribution is -2.04. The van der Waals surface area contributed by atoms with Crippen molar-refractivity contribution in [2.75, 3.05) is 0 Å². The first-order chi connectivity index (χ1) is 7.41. The smallest absolute Gasteiger partial charge is 0.387 e. The van der Waals surface area contributed by atoms with Crippen LogP contribution in [0, 0.1) is 10.1 Å². The van der Waals surface area contributed by atoms with E-state index < -0.39 is 23.0 Å². The molecule has 0 spiro atoms. The molecule has 0 fully saturated rings. The largest absolute Gasteiger partial charge is 0.435 e. The summed E-state index contributed by atoms with van der Waals surface area (Å²) in [5.41, 5.74) is -0.697. The minimum atomic E-state index is -3.07. The topological polar surface area (TPSA) is 69.4 Å². The van der Waals surface area contributed by atoms with Crippen molar-refractivity contribution in [1.82, 2.24) is 0 Å². The second-order valence-electron chi connectivity index (χ2n) is 2.87. The number of benzene rings is 1. The van der Waals surface area contributed by atoms with Gasteiger partial charge in [-0.15, -0.1) is 0 Å². The molecule has 1 rings (SSSR count). The van der Waals surface area contributed by atoms with Gasteiger partial charge in [-0.05, 0) is 19.1 Å². The number of nitrogens with zero attached hydrogens (tertiary/aromatic N) is 1. The first-order valence-corrected chi connectivity index (χ1v) is 4.16. The first-order valence-electron chi connectivity index (χ1n) is 4.16. The Morgan fingerprint density at radius 2 is 2.12 bits per heavy atom. The van der Waals surface area contributed by atoms with Crippen molar-refractivity contribution in [1.29, 1.82) is 0 Å². The molecule has 0 bridgehead atoms. The molecular weight excluding hydrogens is 224 g/mol. The van der Waals surface area contributed by atoms with Gasteiger partial charge >= 0.3 is 6.61 Å². The minimum Gasteiger partial charge on any atom is -0.435 e. The first kappa shape index (κ1) is 12.0. The van der Waals surface area contributed by atoms with E-state index in [2.05, 4.69) is 4.74 Å². The number of hydrogen-bond acceptors (Lipinski definition) is 4. The number of Topliss-reactive ketones (excluding diaryl/α,β-unsaturated/α-hetero) is 1. The zero-order chi connectivity index (χ0) is 12.3. The summed E-state index contributed by atoms with van der Waals surface area (Å²) < 4.78 is 27.7. The highest BCUT2D eigenvalue weighted by Crippen LogP contribution is 2.26. The number of halogens is 2. The van der Waals surface area contributed by atoms with Gasteiger partial charge in [0.1, 0.15) is 5.75 Å². The van der Waals surface area contributed by atoms with Gasteiger partial charge < -0.3 is 4.74 Å². The Morgan fingerprint density at radius 3 is 2.56 bits per heavy atom. The van der Waals surface area contributed by atoms with Crippen LogP contribution in [0.4, 0.5) is 14.5 Å². The van der Waals surface area contributed by atoms with Crippen molar-refractivity contribution < 1.29 is 23.2 Å². The van der Waals surface area contributed by atoms with Gasteiger partial charge in [-0.3, -0.25) is 14.9 Å². The Labute approximate surface area is 88.8 Å². The molecule has 86 valence electrons. The summed E-state index contributed by atoms with van der Waals surface area (Å²) in [4.78, 5) is 20.8. The van der Waals surface area contributed by atoms with Crippen LogP contribution in [0.1, 0.15) is 17.3 Å². The van der Waals surface area contributed by atoms with E-state index in [0.717, 1.165) is 25.1 Å². The molecule has 0 aliphatic rings. The number of carbonyl (C=O) groups is 1. The van der Waals surface area contributed by atoms with Gasteiger partial charge in [-0.25, -0.2) is 0 Å². The van der Waals surface area contributed by atoms with E-state index in [9.17, 15) is 23.7 Å². The molecule has 1 aromatic rings. The predicted octanol–water partition coefficient (Wildman–Crippen LogP) is 2.40. The van der Waals surface area contributed by atoms with Gasteiger partial charge in [-0.1, -0.05) is 0 Å². The van der Waals surface area contributed by atoms with Crippen LogP contribution in [0.15, 0.2) is 18.2 Å². The third-order valence-corrected chi connectivity index (χ3v) is 1.77. The highest BCUT2D eigenvalue weighted by atomic mass is 19.3. The molecule has 0 radical (unpaired) electrons. The van der Waals surface area contributed by atoms with E-state index in [1.54, 1.807) is 0 Å². The fraction of sp³-hybridized carbons (Fsp3) is 0.222. The van der Waals surface area contributed by atoms with Crippen LogP contribution in [0.5, 0.6) is 5.75 Å². The van der Waals surface area contributed by atoms with Crippen molar-refractivity contribution in [3.05, 3.63) is 33.9 Å². The maximum Gasteiger partial charge on any atom is 0.387 e. The average Bonchev–Trinajstić information content (AvgIpc) is 2.16. The number of hydrogen-bond donors (Lipinski definition) is 0. The summed E-state index contributed by atoms with van der Waals surface area (Å²) in [6, 6.07) is 2.96. The Morgan fingerprint density at radius 1 is 1.50 bits per heavy atom. The lowest BCUT2D eigenvalue weighted by atomic mass is 10.1. The zero-order valence-electron chi connectivity index (χ0n) is 8.15. The Balaban J connectivity index is 3.17. The van der Waals surface area contributed by atoms with Gasteiger partial charge in [0, 0.05) is 0 Å². The Kier molecular flexibility index (Phi) is 3.49. The van der Waals surface area contributed by atoms with Gasteiger partial charge in [-0.2, -0.15) is 8.78 Å². The normalized spacial score (nSPS) is 10.2. The van der Waals surface area contributed by atoms with Crippen LogP contribution in [0.25, 0.3) is 0 Å². The molecule has 0 aliphatic carbocycles. The number of ketones is 1. The molecule has 0 aliphatic heterocycles. The minimum absolute atomic E-state index is 0.147. The van der Waals surface area contributed by atoms with E-state index >= 15 is 0 Å². The quantitative estimate of drug-likeness (QED) is 0.453. The summed E-state index contributed by atoms with van der Waals surface area (Å²) in [7, 11) is 0. The average molecular weight is 231 g/mol. The van der Waals surface area contributed by atoms with Crippen LogP contribution in [-0.4, -0.2) is 17.3 Å². The van der Waals surface area contributed by atoms with Crippen molar-refractivity contribution >= 4 is 11.5 Å². The van der Waals surface area contributed by atoms with Gasteiger partial charge in [0.25, 0.3) is 5.69 Å². The number of nitro groups is 1. The maximum absolute atomic E-state index is 11.9. The van der Waals surface area contributed by atoms with Crippen LogP contribution in [0.2, 0.25) is 0 Å². The van der Waals surface area contributed by atoms with Crippen molar-refractivity contribution in [2.24, 2.45) is 0 Å². The standard InChI is InChI=1S/C9H7F2NO4/c1-5(13)7-3-2-6(16-9(10)11)4-8(7)12(14)15/h2-4,9H,1H3. The number of ether oxygens (including phenoxy) is 1. The molecule has 0 amide bonds. The zero-order valence-corrected chi connectivity index (χ0v) is 8.15. The molecule has 0 atom stereocenters. The summed E-state index contributed by atoms with van der Waals surface area (Å²) in [5, 5.41) is 10.6. The SMILES string of the molecule is CC(=O)c1ccc(OC(F)F)cc1[N+](=O)[O-]. The fourth-order valence-corrected chi connectivity index (χ4v) is 1.14. The second-order valence-corrected chi connectivity index (χ2v) is 2.87. The molecule has 0 heterocycles. The predicted molar refractivity (Wildman–Crippen MR) is 49.7 cm³/mol. The molecule has 16 heavy (non-hydrogen) atoms. The number of alkyl halides is 2. The molecule has 0 saturated heterocycles. The number of nitro benzene ring substituents is 1. The van der Waals surface area contributed by atoms with E-state index in [0.29, 0.717) is 0 Å². The van der Waals surface area contributed by atoms with Gasteiger partial charge in [0.2, 0.25) is 0 Å². The lowest BCUT2D eigenvalue weighted by molar-refractivity contribution is -0.385. The second kappa shape index (κ2) is 4.65. The molecule has 0 aromatic heterocycles. The molecule has 0 N–H and O–H groups in total. The van der Waals surface area contributed by atoms with Crippen LogP contribution < -0.4 is 4.74 Å². The molecule has 5 nitrogen and oxygen atoms in total. The van der Waals surface area contributed by atoms with Crippen LogP contribution >= 0.6 is 0 Å². The van der Waals surface area contributed by atoms with Crippen molar-refractivity contribution in [2.45, 2.75) is 13.5 Å². The van der Waals surface area contributed by atoms with E-state index in [-0.39, 0.29) is 11.3 Å². The summed E-state index contributed by atoms with van der Waals surface area (Å²) in [6.45, 7) is -1.92. The van der Waals surface area contributed by atoms with E-state index in [1.165, 1.54) is 0 Å². The Hall–Kier alpha value is -2.05. The summed E-state index contributed by atoms with van der Waals surface area (Å²) in [6.07, 6.45) is 0. The number of carbonyl (C=O) groups excluding carboxylic acids is 1. The molecule has 1 aromatic carbocycles. The van der Waals surface area contributed by atoms with E-state index in [1.807, 2.05) is 0 Å². The summed E-state index contributed by atoms with van der Waals surface area (Å²) in [5.74, 6) is -0.873. The van der Waals surface area contributed by atoms with Gasteiger partial charge in [0.05, 0.1) is 16.6 Å². The molecular formula is C9H7F2NO4. The van der Waals surface area contributed by atoms with E-state index in [4.69, 9.17) is 0 Å².